The van der Waals surface area contributed by atoms with E-state index in [1.807, 2.05) is 24.3 Å². The summed E-state index contributed by atoms with van der Waals surface area (Å²) in [6, 6.07) is 19.5. The molecule has 0 saturated heterocycles. The number of phenols is 1. The first kappa shape index (κ1) is 18.4. The van der Waals surface area contributed by atoms with Crippen molar-refractivity contribution < 1.29 is 10.0 Å². The summed E-state index contributed by atoms with van der Waals surface area (Å²) in [6.45, 7) is 0. The predicted octanol–water partition coefficient (Wildman–Crippen LogP) is 5.93. The zero-order valence-corrected chi connectivity index (χ0v) is 15.4. The van der Waals surface area contributed by atoms with Gasteiger partial charge in [0.2, 0.25) is 0 Å². The highest BCUT2D eigenvalue weighted by molar-refractivity contribution is 9.10. The van der Waals surface area contributed by atoms with Crippen molar-refractivity contribution in [2.24, 2.45) is 15.2 Å². The summed E-state index contributed by atoms with van der Waals surface area (Å²) < 4.78 is 0.920. The van der Waals surface area contributed by atoms with Crippen LogP contribution in [0.5, 0.6) is 5.75 Å². The largest absolute Gasteiger partial charge is 0.508 e. The van der Waals surface area contributed by atoms with E-state index in [4.69, 9.17) is 0 Å². The second kappa shape index (κ2) is 8.33. The minimum atomic E-state index is -0.465. The summed E-state index contributed by atoms with van der Waals surface area (Å²) in [5, 5.41) is 28.5. The lowest BCUT2D eigenvalue weighted by molar-refractivity contribution is -0.384. The molecule has 0 unspecified atom stereocenters. The Morgan fingerprint density at radius 3 is 2.07 bits per heavy atom. The van der Waals surface area contributed by atoms with Gasteiger partial charge < -0.3 is 5.11 Å². The highest BCUT2D eigenvalue weighted by Crippen LogP contribution is 2.22. The number of non-ortho nitro benzene ring substituents is 1. The van der Waals surface area contributed by atoms with E-state index >= 15 is 0 Å². The Hall–Kier alpha value is -3.39. The standard InChI is InChI=1S/C19H13BrN4O3/c20-14-3-5-15(6-4-14)21-19(13-1-9-17(10-2-13)24(26)27)23-22-16-7-11-18(25)12-8-16/h1-12,25H. The summed E-state index contributed by atoms with van der Waals surface area (Å²) in [7, 11) is 0. The molecule has 3 rings (SSSR count). The van der Waals surface area contributed by atoms with Gasteiger partial charge >= 0.3 is 0 Å². The van der Waals surface area contributed by atoms with Gasteiger partial charge in [-0.2, -0.15) is 0 Å². The second-order valence-corrected chi connectivity index (χ2v) is 6.35. The van der Waals surface area contributed by atoms with Crippen LogP contribution < -0.4 is 0 Å². The van der Waals surface area contributed by atoms with Gasteiger partial charge in [-0.25, -0.2) is 4.99 Å². The fraction of sp³-hybridized carbons (Fsp3) is 0. The lowest BCUT2D eigenvalue weighted by Crippen LogP contribution is -1.97. The number of aliphatic imine (C=N–C) groups is 1. The van der Waals surface area contributed by atoms with Gasteiger partial charge in [0.05, 0.1) is 16.3 Å². The maximum absolute atomic E-state index is 10.9. The SMILES string of the molecule is O=[N+]([O-])c1ccc(C(N=Nc2ccc(O)cc2)=Nc2ccc(Br)cc2)cc1. The Labute approximate surface area is 163 Å². The number of nitrogens with zero attached hydrogens (tertiary/aromatic N) is 4. The average molecular weight is 425 g/mol. The fourth-order valence-corrected chi connectivity index (χ4v) is 2.40. The molecular weight excluding hydrogens is 412 g/mol. The van der Waals surface area contributed by atoms with Crippen molar-refractivity contribution in [3.63, 3.8) is 0 Å². The molecule has 3 aromatic carbocycles. The minimum Gasteiger partial charge on any atom is -0.508 e. The Kier molecular flexibility index (Phi) is 5.68. The van der Waals surface area contributed by atoms with E-state index < -0.39 is 4.92 Å². The van der Waals surface area contributed by atoms with E-state index in [1.165, 1.54) is 24.3 Å². The van der Waals surface area contributed by atoms with E-state index in [0.29, 0.717) is 22.8 Å². The molecule has 8 heteroatoms. The van der Waals surface area contributed by atoms with Gasteiger partial charge in [-0.15, -0.1) is 10.2 Å². The second-order valence-electron chi connectivity index (χ2n) is 5.43. The van der Waals surface area contributed by atoms with Crippen LogP contribution in [0.3, 0.4) is 0 Å². The van der Waals surface area contributed by atoms with Gasteiger partial charge in [-0.05, 0) is 60.7 Å². The number of hydrogen-bond donors (Lipinski definition) is 1. The van der Waals surface area contributed by atoms with Crippen LogP contribution in [0.2, 0.25) is 0 Å². The first-order valence-electron chi connectivity index (χ1n) is 7.81. The molecule has 0 bridgehead atoms. The number of benzene rings is 3. The molecule has 7 nitrogen and oxygen atoms in total. The molecule has 0 radical (unpaired) electrons. The Bertz CT molecular complexity index is 999. The zero-order chi connectivity index (χ0) is 19.2. The molecule has 0 spiro atoms. The third-order valence-electron chi connectivity index (χ3n) is 3.51. The lowest BCUT2D eigenvalue weighted by atomic mass is 10.2. The molecule has 0 aliphatic heterocycles. The number of phenolic OH excluding ortho intramolecular Hbond substituents is 1. The molecule has 134 valence electrons. The lowest BCUT2D eigenvalue weighted by Gasteiger charge is -2.02. The number of halogens is 1. The van der Waals surface area contributed by atoms with Crippen LogP contribution in [-0.2, 0) is 0 Å². The molecular formula is C19H13BrN4O3. The minimum absolute atomic E-state index is 0.0165. The van der Waals surface area contributed by atoms with Crippen LogP contribution in [-0.4, -0.2) is 15.9 Å². The van der Waals surface area contributed by atoms with Crippen LogP contribution in [0.4, 0.5) is 17.1 Å². The number of azo groups is 1. The van der Waals surface area contributed by atoms with Gasteiger partial charge in [0.1, 0.15) is 5.75 Å². The number of rotatable bonds is 4. The van der Waals surface area contributed by atoms with Crippen LogP contribution in [0.25, 0.3) is 0 Å². The summed E-state index contributed by atoms with van der Waals surface area (Å²) in [5.74, 6) is 0.438. The van der Waals surface area contributed by atoms with Crippen molar-refractivity contribution in [3.05, 3.63) is 92.9 Å². The van der Waals surface area contributed by atoms with E-state index in [-0.39, 0.29) is 11.4 Å². The molecule has 3 aromatic rings. The Balaban J connectivity index is 1.98. The van der Waals surface area contributed by atoms with Crippen molar-refractivity contribution in [1.82, 2.24) is 0 Å². The zero-order valence-electron chi connectivity index (χ0n) is 13.9. The van der Waals surface area contributed by atoms with Gasteiger partial charge in [0, 0.05) is 22.2 Å². The topological polar surface area (TPSA) is 100 Å². The van der Waals surface area contributed by atoms with Gasteiger partial charge in [0.15, 0.2) is 5.84 Å². The molecule has 0 aromatic heterocycles. The monoisotopic (exact) mass is 424 g/mol. The first-order chi connectivity index (χ1) is 13.0. The fourth-order valence-electron chi connectivity index (χ4n) is 2.14. The molecule has 0 saturated carbocycles. The van der Waals surface area contributed by atoms with Crippen LogP contribution in [0.15, 0.2) is 92.5 Å². The molecule has 0 aliphatic rings. The van der Waals surface area contributed by atoms with Crippen LogP contribution in [0, 0.1) is 10.1 Å². The third-order valence-corrected chi connectivity index (χ3v) is 4.04. The van der Waals surface area contributed by atoms with Crippen molar-refractivity contribution in [3.8, 4) is 5.75 Å². The number of nitro benzene ring substituents is 1. The maximum Gasteiger partial charge on any atom is 0.269 e. The normalized spacial score (nSPS) is 11.7. The first-order valence-corrected chi connectivity index (χ1v) is 8.60. The molecule has 0 aliphatic carbocycles. The van der Waals surface area contributed by atoms with Crippen LogP contribution >= 0.6 is 15.9 Å². The van der Waals surface area contributed by atoms with Crippen molar-refractivity contribution in [2.75, 3.05) is 0 Å². The highest BCUT2D eigenvalue weighted by atomic mass is 79.9. The summed E-state index contributed by atoms with van der Waals surface area (Å²) in [6.07, 6.45) is 0. The molecule has 0 fully saturated rings. The van der Waals surface area contributed by atoms with E-state index in [9.17, 15) is 15.2 Å². The van der Waals surface area contributed by atoms with Crippen LogP contribution in [0.1, 0.15) is 5.56 Å². The summed E-state index contributed by atoms with van der Waals surface area (Å²) in [5.41, 5.74) is 1.78. The van der Waals surface area contributed by atoms with Gasteiger partial charge in [-0.3, -0.25) is 10.1 Å². The average Bonchev–Trinajstić information content (AvgIpc) is 2.68. The number of hydrogen-bond acceptors (Lipinski definition) is 5. The van der Waals surface area contributed by atoms with Gasteiger partial charge in [0.25, 0.3) is 5.69 Å². The molecule has 27 heavy (non-hydrogen) atoms. The smallest absolute Gasteiger partial charge is 0.269 e. The molecule has 0 atom stereocenters. The highest BCUT2D eigenvalue weighted by Gasteiger charge is 2.08. The number of amidine groups is 1. The quantitative estimate of drug-likeness (QED) is 0.184. The van der Waals surface area contributed by atoms with Crippen molar-refractivity contribution in [2.45, 2.75) is 0 Å². The maximum atomic E-state index is 10.9. The predicted molar refractivity (Wildman–Crippen MR) is 106 cm³/mol. The van der Waals surface area contributed by atoms with Crippen molar-refractivity contribution in [1.29, 1.82) is 0 Å². The molecule has 1 N–H and O–H groups in total. The Morgan fingerprint density at radius 2 is 1.48 bits per heavy atom. The molecule has 0 amide bonds. The van der Waals surface area contributed by atoms with E-state index in [2.05, 4.69) is 31.2 Å². The van der Waals surface area contributed by atoms with Gasteiger partial charge in [-0.1, -0.05) is 15.9 Å². The van der Waals surface area contributed by atoms with E-state index in [0.717, 1.165) is 4.47 Å². The number of nitro groups is 1. The van der Waals surface area contributed by atoms with Crippen molar-refractivity contribution >= 4 is 38.8 Å². The van der Waals surface area contributed by atoms with E-state index in [1.54, 1.807) is 24.3 Å². The Morgan fingerprint density at radius 1 is 0.889 bits per heavy atom. The summed E-state index contributed by atoms with van der Waals surface area (Å²) >= 11 is 3.37. The third kappa shape index (κ3) is 5.05. The molecule has 0 heterocycles. The number of aromatic hydroxyl groups is 1. The summed E-state index contributed by atoms with van der Waals surface area (Å²) in [4.78, 5) is 14.9.